The molecule has 0 aromatic heterocycles. The second kappa shape index (κ2) is 4.24. The third-order valence-corrected chi connectivity index (χ3v) is 2.22. The number of rotatable bonds is 3. The first-order valence-electron chi connectivity index (χ1n) is 4.90. The van der Waals surface area contributed by atoms with Crippen molar-refractivity contribution in [2.75, 3.05) is 19.7 Å². The highest BCUT2D eigenvalue weighted by atomic mass is 16.5. The summed E-state index contributed by atoms with van der Waals surface area (Å²) in [5.74, 6) is 0. The Morgan fingerprint density at radius 3 is 2.67 bits per heavy atom. The molecule has 0 bridgehead atoms. The molecule has 2 nitrogen and oxygen atoms in total. The van der Waals surface area contributed by atoms with Crippen LogP contribution in [0.25, 0.3) is 0 Å². The lowest BCUT2D eigenvalue weighted by Crippen LogP contribution is -2.19. The monoisotopic (exact) mass is 171 g/mol. The van der Waals surface area contributed by atoms with Crippen molar-refractivity contribution in [3.63, 3.8) is 0 Å². The molecule has 0 spiro atoms. The highest BCUT2D eigenvalue weighted by Gasteiger charge is 2.16. The van der Waals surface area contributed by atoms with Crippen LogP contribution >= 0.6 is 0 Å². The summed E-state index contributed by atoms with van der Waals surface area (Å²) < 4.78 is 5.72. The minimum atomic E-state index is 0.409. The van der Waals surface area contributed by atoms with Gasteiger partial charge in [-0.2, -0.15) is 0 Å². The first kappa shape index (κ1) is 10.0. The van der Waals surface area contributed by atoms with Gasteiger partial charge in [-0.1, -0.05) is 20.8 Å². The molecule has 1 aliphatic rings. The molecule has 2 heteroatoms. The lowest BCUT2D eigenvalue weighted by atomic mass is 9.93. The van der Waals surface area contributed by atoms with Crippen LogP contribution in [0.3, 0.4) is 0 Å². The van der Waals surface area contributed by atoms with Gasteiger partial charge >= 0.3 is 0 Å². The quantitative estimate of drug-likeness (QED) is 0.699. The summed E-state index contributed by atoms with van der Waals surface area (Å²) >= 11 is 0. The summed E-state index contributed by atoms with van der Waals surface area (Å²) in [6.07, 6.45) is 2.82. The molecule has 1 heterocycles. The van der Waals surface area contributed by atoms with Crippen LogP contribution in [0, 0.1) is 5.41 Å². The van der Waals surface area contributed by atoms with E-state index in [-0.39, 0.29) is 0 Å². The van der Waals surface area contributed by atoms with Gasteiger partial charge in [-0.25, -0.2) is 0 Å². The molecule has 0 aromatic carbocycles. The molecule has 12 heavy (non-hydrogen) atoms. The molecule has 1 N–H and O–H groups in total. The van der Waals surface area contributed by atoms with Crippen LogP contribution in [0.15, 0.2) is 0 Å². The number of nitrogens with one attached hydrogen (secondary N) is 1. The van der Waals surface area contributed by atoms with E-state index in [2.05, 4.69) is 26.1 Å². The van der Waals surface area contributed by atoms with Crippen LogP contribution in [0.2, 0.25) is 0 Å². The van der Waals surface area contributed by atoms with Gasteiger partial charge in [0.15, 0.2) is 0 Å². The van der Waals surface area contributed by atoms with Crippen molar-refractivity contribution in [2.45, 2.75) is 39.7 Å². The molecule has 1 aliphatic heterocycles. The van der Waals surface area contributed by atoms with Crippen molar-refractivity contribution >= 4 is 0 Å². The Morgan fingerprint density at radius 1 is 1.42 bits per heavy atom. The van der Waals surface area contributed by atoms with Gasteiger partial charge < -0.3 is 10.1 Å². The van der Waals surface area contributed by atoms with E-state index < -0.39 is 0 Å². The Balaban J connectivity index is 2.02. The van der Waals surface area contributed by atoms with Crippen LogP contribution in [0.1, 0.15) is 33.6 Å². The average molecular weight is 171 g/mol. The van der Waals surface area contributed by atoms with Gasteiger partial charge in [0.2, 0.25) is 0 Å². The van der Waals surface area contributed by atoms with E-state index in [1.165, 1.54) is 6.42 Å². The highest BCUT2D eigenvalue weighted by molar-refractivity contribution is 4.71. The standard InChI is InChI=1S/C10H21NO/c1-10(2,3)5-7-12-9-4-6-11-8-9/h9,11H,4-8H2,1-3H3/t9-/m1/s1. The van der Waals surface area contributed by atoms with Gasteiger partial charge in [0.25, 0.3) is 0 Å². The fourth-order valence-electron chi connectivity index (χ4n) is 1.30. The van der Waals surface area contributed by atoms with Crippen molar-refractivity contribution in [2.24, 2.45) is 5.41 Å². The fraction of sp³-hybridized carbons (Fsp3) is 1.00. The summed E-state index contributed by atoms with van der Waals surface area (Å²) in [6.45, 7) is 9.84. The maximum absolute atomic E-state index is 5.72. The Bertz CT molecular complexity index is 122. The van der Waals surface area contributed by atoms with E-state index in [9.17, 15) is 0 Å². The second-order valence-corrected chi connectivity index (χ2v) is 4.80. The Morgan fingerprint density at radius 2 is 2.17 bits per heavy atom. The van der Waals surface area contributed by atoms with Crippen LogP contribution in [-0.4, -0.2) is 25.8 Å². The van der Waals surface area contributed by atoms with Crippen LogP contribution in [0.4, 0.5) is 0 Å². The van der Waals surface area contributed by atoms with E-state index in [1.807, 2.05) is 0 Å². The minimum absolute atomic E-state index is 0.409. The van der Waals surface area contributed by atoms with E-state index in [0.29, 0.717) is 11.5 Å². The summed E-state index contributed by atoms with van der Waals surface area (Å²) in [6, 6.07) is 0. The summed E-state index contributed by atoms with van der Waals surface area (Å²) in [5, 5.41) is 3.29. The highest BCUT2D eigenvalue weighted by Crippen LogP contribution is 2.18. The van der Waals surface area contributed by atoms with Gasteiger partial charge in [0.05, 0.1) is 6.10 Å². The topological polar surface area (TPSA) is 21.3 Å². The van der Waals surface area contributed by atoms with Crippen LogP contribution < -0.4 is 5.32 Å². The molecule has 0 unspecified atom stereocenters. The molecule has 1 atom stereocenters. The normalized spacial score (nSPS) is 24.8. The zero-order chi connectivity index (χ0) is 9.03. The molecule has 0 radical (unpaired) electrons. The zero-order valence-corrected chi connectivity index (χ0v) is 8.52. The van der Waals surface area contributed by atoms with Gasteiger partial charge in [0.1, 0.15) is 0 Å². The van der Waals surface area contributed by atoms with Crippen molar-refractivity contribution in [1.82, 2.24) is 5.32 Å². The lowest BCUT2D eigenvalue weighted by Gasteiger charge is -2.19. The van der Waals surface area contributed by atoms with Gasteiger partial charge in [0, 0.05) is 13.2 Å². The molecule has 0 aliphatic carbocycles. The molecule has 0 amide bonds. The SMILES string of the molecule is CC(C)(C)CCO[C@@H]1CCNC1. The smallest absolute Gasteiger partial charge is 0.0711 e. The summed E-state index contributed by atoms with van der Waals surface area (Å²) in [7, 11) is 0. The van der Waals surface area contributed by atoms with Crippen LogP contribution in [0.5, 0.6) is 0 Å². The Kier molecular flexibility index (Phi) is 3.53. The number of hydrogen-bond acceptors (Lipinski definition) is 2. The third kappa shape index (κ3) is 4.07. The summed E-state index contributed by atoms with van der Waals surface area (Å²) in [4.78, 5) is 0. The van der Waals surface area contributed by atoms with Crippen molar-refractivity contribution < 1.29 is 4.74 Å². The van der Waals surface area contributed by atoms with Gasteiger partial charge in [-0.05, 0) is 24.8 Å². The molecule has 0 saturated carbocycles. The van der Waals surface area contributed by atoms with Gasteiger partial charge in [-0.15, -0.1) is 0 Å². The first-order chi connectivity index (χ1) is 5.58. The molecule has 0 aromatic rings. The first-order valence-corrected chi connectivity index (χ1v) is 4.90. The minimum Gasteiger partial charge on any atom is -0.377 e. The summed E-state index contributed by atoms with van der Waals surface area (Å²) in [5.41, 5.74) is 0.409. The Hall–Kier alpha value is -0.0800. The van der Waals surface area contributed by atoms with Crippen molar-refractivity contribution in [3.8, 4) is 0 Å². The molecule has 72 valence electrons. The van der Waals surface area contributed by atoms with Crippen molar-refractivity contribution in [3.05, 3.63) is 0 Å². The predicted octanol–water partition coefficient (Wildman–Crippen LogP) is 1.80. The molecule has 1 fully saturated rings. The van der Waals surface area contributed by atoms with E-state index in [0.717, 1.165) is 26.1 Å². The maximum Gasteiger partial charge on any atom is 0.0711 e. The van der Waals surface area contributed by atoms with Crippen molar-refractivity contribution in [1.29, 1.82) is 0 Å². The lowest BCUT2D eigenvalue weighted by molar-refractivity contribution is 0.0501. The van der Waals surface area contributed by atoms with Gasteiger partial charge in [-0.3, -0.25) is 0 Å². The molecule has 1 saturated heterocycles. The molecular weight excluding hydrogens is 150 g/mol. The van der Waals surface area contributed by atoms with Crippen LogP contribution in [-0.2, 0) is 4.74 Å². The predicted molar refractivity (Wildman–Crippen MR) is 51.3 cm³/mol. The molecular formula is C10H21NO. The number of hydrogen-bond donors (Lipinski definition) is 1. The Labute approximate surface area is 75.7 Å². The van der Waals surface area contributed by atoms with E-state index in [1.54, 1.807) is 0 Å². The maximum atomic E-state index is 5.72. The number of ether oxygens (including phenoxy) is 1. The largest absolute Gasteiger partial charge is 0.377 e. The average Bonchev–Trinajstić information content (AvgIpc) is 2.36. The third-order valence-electron chi connectivity index (χ3n) is 2.22. The van der Waals surface area contributed by atoms with E-state index in [4.69, 9.17) is 4.74 Å². The second-order valence-electron chi connectivity index (χ2n) is 4.80. The van der Waals surface area contributed by atoms with E-state index >= 15 is 0 Å². The fourth-order valence-corrected chi connectivity index (χ4v) is 1.30. The molecule has 1 rings (SSSR count). The zero-order valence-electron chi connectivity index (χ0n) is 8.52.